The van der Waals surface area contributed by atoms with Crippen LogP contribution in [0.15, 0.2) is 0 Å². The van der Waals surface area contributed by atoms with E-state index in [9.17, 15) is 0 Å². The minimum absolute atomic E-state index is 0.797. The van der Waals surface area contributed by atoms with Gasteiger partial charge in [-0.15, -0.1) is 0 Å². The highest BCUT2D eigenvalue weighted by Crippen LogP contribution is 2.48. The van der Waals surface area contributed by atoms with Crippen molar-refractivity contribution in [1.82, 2.24) is 4.90 Å². The van der Waals surface area contributed by atoms with E-state index < -0.39 is 0 Å². The molecule has 0 amide bonds. The summed E-state index contributed by atoms with van der Waals surface area (Å²) in [6, 6.07) is 0. The quantitative estimate of drug-likeness (QED) is 0.831. The van der Waals surface area contributed by atoms with E-state index in [1.54, 1.807) is 6.42 Å². The molecular weight excluding hydrogens is 220 g/mol. The predicted molar refractivity (Wildman–Crippen MR) is 76.3 cm³/mol. The molecule has 104 valence electrons. The monoisotopic (exact) mass is 250 g/mol. The van der Waals surface area contributed by atoms with Crippen LogP contribution in [-0.4, -0.2) is 31.1 Å². The van der Waals surface area contributed by atoms with Crippen LogP contribution in [-0.2, 0) is 0 Å². The first kappa shape index (κ1) is 12.9. The lowest BCUT2D eigenvalue weighted by Gasteiger charge is -2.40. The van der Waals surface area contributed by atoms with Gasteiger partial charge in [-0.3, -0.25) is 0 Å². The van der Waals surface area contributed by atoms with E-state index in [2.05, 4.69) is 11.8 Å². The molecule has 3 aliphatic rings. The Morgan fingerprint density at radius 2 is 1.94 bits per heavy atom. The van der Waals surface area contributed by atoms with Gasteiger partial charge >= 0.3 is 0 Å². The third-order valence-corrected chi connectivity index (χ3v) is 6.18. The molecule has 0 radical (unpaired) electrons. The fourth-order valence-electron chi connectivity index (χ4n) is 5.03. The molecule has 1 heterocycles. The third kappa shape index (κ3) is 2.46. The third-order valence-electron chi connectivity index (χ3n) is 6.18. The first-order valence-corrected chi connectivity index (χ1v) is 8.22. The van der Waals surface area contributed by atoms with E-state index in [-0.39, 0.29) is 0 Å². The van der Waals surface area contributed by atoms with Gasteiger partial charge in [-0.25, -0.2) is 0 Å². The lowest BCUT2D eigenvalue weighted by molar-refractivity contribution is 0.0928. The molecule has 2 aliphatic carbocycles. The van der Waals surface area contributed by atoms with Crippen molar-refractivity contribution in [3.8, 4) is 0 Å². The molecule has 2 nitrogen and oxygen atoms in total. The zero-order valence-corrected chi connectivity index (χ0v) is 12.0. The fraction of sp³-hybridized carbons (Fsp3) is 1.00. The normalized spacial score (nSPS) is 44.7. The second-order valence-corrected chi connectivity index (χ2v) is 7.15. The Kier molecular flexibility index (Phi) is 3.95. The molecule has 0 aromatic rings. The molecule has 0 aromatic heterocycles. The van der Waals surface area contributed by atoms with Crippen molar-refractivity contribution < 1.29 is 0 Å². The van der Waals surface area contributed by atoms with Crippen molar-refractivity contribution in [3.63, 3.8) is 0 Å². The van der Waals surface area contributed by atoms with Crippen LogP contribution in [0.5, 0.6) is 0 Å². The van der Waals surface area contributed by atoms with Gasteiger partial charge in [-0.2, -0.15) is 0 Å². The average Bonchev–Trinajstić information content (AvgIpc) is 3.01. The van der Waals surface area contributed by atoms with Gasteiger partial charge < -0.3 is 10.6 Å². The summed E-state index contributed by atoms with van der Waals surface area (Å²) in [5.41, 5.74) is 5.91. The average molecular weight is 250 g/mol. The van der Waals surface area contributed by atoms with E-state index in [0.29, 0.717) is 0 Å². The number of likely N-dealkylation sites (tertiary alicyclic amines) is 1. The van der Waals surface area contributed by atoms with Crippen LogP contribution in [0.3, 0.4) is 0 Å². The maximum absolute atomic E-state index is 5.91. The van der Waals surface area contributed by atoms with E-state index >= 15 is 0 Å². The molecule has 1 aliphatic heterocycles. The highest BCUT2D eigenvalue weighted by molar-refractivity contribution is 4.92. The summed E-state index contributed by atoms with van der Waals surface area (Å²) in [5, 5.41) is 0. The molecule has 2 bridgehead atoms. The summed E-state index contributed by atoms with van der Waals surface area (Å²) in [6.45, 7) is 7.28. The number of hydrogen-bond donors (Lipinski definition) is 1. The SMILES string of the molecule is CCC1CN(CC2CC3CCC2C3)CCC1CN. The van der Waals surface area contributed by atoms with E-state index in [1.807, 2.05) is 0 Å². The molecule has 5 unspecified atom stereocenters. The van der Waals surface area contributed by atoms with Gasteiger partial charge in [0.25, 0.3) is 0 Å². The molecule has 3 rings (SSSR count). The van der Waals surface area contributed by atoms with Crippen molar-refractivity contribution in [2.45, 2.75) is 45.4 Å². The van der Waals surface area contributed by atoms with Gasteiger partial charge in [0, 0.05) is 13.1 Å². The van der Waals surface area contributed by atoms with Gasteiger partial charge in [-0.1, -0.05) is 19.8 Å². The number of hydrogen-bond acceptors (Lipinski definition) is 2. The largest absolute Gasteiger partial charge is 0.330 e. The van der Waals surface area contributed by atoms with Crippen molar-refractivity contribution in [3.05, 3.63) is 0 Å². The Morgan fingerprint density at radius 1 is 1.06 bits per heavy atom. The Labute approximate surface area is 112 Å². The smallest absolute Gasteiger partial charge is 0.00128 e. The van der Waals surface area contributed by atoms with Crippen molar-refractivity contribution in [2.24, 2.45) is 35.3 Å². The van der Waals surface area contributed by atoms with Crippen LogP contribution in [0.1, 0.15) is 45.4 Å². The van der Waals surface area contributed by atoms with Crippen molar-refractivity contribution >= 4 is 0 Å². The Balaban J connectivity index is 1.52. The zero-order chi connectivity index (χ0) is 12.5. The highest BCUT2D eigenvalue weighted by Gasteiger charge is 2.40. The molecule has 0 aromatic carbocycles. The summed E-state index contributed by atoms with van der Waals surface area (Å²) >= 11 is 0. The van der Waals surface area contributed by atoms with Crippen LogP contribution in [0.25, 0.3) is 0 Å². The Bertz CT molecular complexity index is 278. The molecule has 5 atom stereocenters. The van der Waals surface area contributed by atoms with Crippen LogP contribution >= 0.6 is 0 Å². The van der Waals surface area contributed by atoms with Crippen molar-refractivity contribution in [1.29, 1.82) is 0 Å². The van der Waals surface area contributed by atoms with Crippen LogP contribution < -0.4 is 5.73 Å². The van der Waals surface area contributed by atoms with Gasteiger partial charge in [0.1, 0.15) is 0 Å². The maximum Gasteiger partial charge on any atom is 0.00128 e. The van der Waals surface area contributed by atoms with Gasteiger partial charge in [0.2, 0.25) is 0 Å². The molecule has 3 fully saturated rings. The predicted octanol–water partition coefficient (Wildman–Crippen LogP) is 2.73. The molecule has 2 N–H and O–H groups in total. The summed E-state index contributed by atoms with van der Waals surface area (Å²) in [6.07, 6.45) is 8.82. The molecule has 2 heteroatoms. The summed E-state index contributed by atoms with van der Waals surface area (Å²) in [4.78, 5) is 2.77. The topological polar surface area (TPSA) is 29.3 Å². The maximum atomic E-state index is 5.91. The Hall–Kier alpha value is -0.0800. The molecule has 1 saturated heterocycles. The molecule has 18 heavy (non-hydrogen) atoms. The van der Waals surface area contributed by atoms with Crippen LogP contribution in [0.2, 0.25) is 0 Å². The zero-order valence-electron chi connectivity index (χ0n) is 12.0. The molecular formula is C16H30N2. The standard InChI is InChI=1S/C16H30N2/c1-2-13-10-18(6-5-15(13)9-17)11-16-8-12-3-4-14(16)7-12/h12-16H,2-11,17H2,1H3. The number of piperidine rings is 1. The highest BCUT2D eigenvalue weighted by atomic mass is 15.1. The minimum Gasteiger partial charge on any atom is -0.330 e. The number of nitrogens with zero attached hydrogens (tertiary/aromatic N) is 1. The van der Waals surface area contributed by atoms with Gasteiger partial charge in [0.15, 0.2) is 0 Å². The van der Waals surface area contributed by atoms with E-state index in [1.165, 1.54) is 51.7 Å². The first-order valence-electron chi connectivity index (χ1n) is 8.22. The van der Waals surface area contributed by atoms with E-state index in [0.717, 1.165) is 36.1 Å². The summed E-state index contributed by atoms with van der Waals surface area (Å²) in [5.74, 6) is 4.88. The molecule has 0 spiro atoms. The number of nitrogens with two attached hydrogens (primary N) is 1. The van der Waals surface area contributed by atoms with Gasteiger partial charge in [-0.05, 0) is 68.4 Å². The van der Waals surface area contributed by atoms with Crippen LogP contribution in [0, 0.1) is 29.6 Å². The van der Waals surface area contributed by atoms with Gasteiger partial charge in [0.05, 0.1) is 0 Å². The van der Waals surface area contributed by atoms with Crippen molar-refractivity contribution in [2.75, 3.05) is 26.2 Å². The lowest BCUT2D eigenvalue weighted by Crippen LogP contribution is -2.45. The second-order valence-electron chi connectivity index (χ2n) is 7.15. The number of fused-ring (bicyclic) bond motifs is 2. The minimum atomic E-state index is 0.797. The van der Waals surface area contributed by atoms with Crippen LogP contribution in [0.4, 0.5) is 0 Å². The second kappa shape index (κ2) is 5.50. The van der Waals surface area contributed by atoms with E-state index in [4.69, 9.17) is 5.73 Å². The Morgan fingerprint density at radius 3 is 2.56 bits per heavy atom. The summed E-state index contributed by atoms with van der Waals surface area (Å²) < 4.78 is 0. The fourth-order valence-corrected chi connectivity index (χ4v) is 5.03. The summed E-state index contributed by atoms with van der Waals surface area (Å²) in [7, 11) is 0. The lowest BCUT2D eigenvalue weighted by atomic mass is 9.82. The first-order chi connectivity index (χ1) is 8.80. The number of rotatable bonds is 4. The molecule has 2 saturated carbocycles.